The van der Waals surface area contributed by atoms with Crippen LogP contribution in [0.4, 0.5) is 18.9 Å². The van der Waals surface area contributed by atoms with Crippen molar-refractivity contribution in [2.24, 2.45) is 0 Å². The Morgan fingerprint density at radius 2 is 1.91 bits per heavy atom. The molecule has 0 bridgehead atoms. The molecular formula is C23H16F3N3O6. The molecule has 1 atom stereocenters. The second-order valence-corrected chi connectivity index (χ2v) is 7.79. The maximum Gasteiger partial charge on any atom is 0.416 e. The van der Waals surface area contributed by atoms with Crippen LogP contribution >= 0.6 is 0 Å². The monoisotopic (exact) mass is 487 g/mol. The highest BCUT2D eigenvalue weighted by atomic mass is 19.4. The van der Waals surface area contributed by atoms with E-state index in [0.717, 1.165) is 12.1 Å². The lowest BCUT2D eigenvalue weighted by atomic mass is 10.0. The maximum atomic E-state index is 13.4. The lowest BCUT2D eigenvalue weighted by Gasteiger charge is -2.29. The molecule has 0 aliphatic carbocycles. The van der Waals surface area contributed by atoms with Crippen LogP contribution in [0.25, 0.3) is 15.7 Å². The van der Waals surface area contributed by atoms with E-state index in [1.165, 1.54) is 28.8 Å². The SMILES string of the molecule is [C-]#[N+]c1cc2c3c(c1)c(O)c(C(=O)NCC(=O)O)c(=O)n3C(Cc1ccc(C(F)(F)F)cc1)CO2. The summed E-state index contributed by atoms with van der Waals surface area (Å²) in [5, 5.41) is 21.6. The number of hydrogen-bond donors (Lipinski definition) is 3. The molecule has 2 aromatic carbocycles. The van der Waals surface area contributed by atoms with Crippen molar-refractivity contribution >= 4 is 28.5 Å². The number of carboxylic acid groups (broad SMARTS) is 1. The van der Waals surface area contributed by atoms with Gasteiger partial charge in [-0.05, 0) is 36.2 Å². The Balaban J connectivity index is 1.86. The highest BCUT2D eigenvalue weighted by molar-refractivity contribution is 6.05. The number of rotatable bonds is 5. The van der Waals surface area contributed by atoms with E-state index in [0.29, 0.717) is 5.56 Å². The normalized spacial score (nSPS) is 14.7. The summed E-state index contributed by atoms with van der Waals surface area (Å²) in [7, 11) is 0. The van der Waals surface area contributed by atoms with Gasteiger partial charge in [0, 0.05) is 5.39 Å². The zero-order chi connectivity index (χ0) is 25.5. The van der Waals surface area contributed by atoms with Gasteiger partial charge in [-0.25, -0.2) is 4.85 Å². The van der Waals surface area contributed by atoms with Gasteiger partial charge in [0.2, 0.25) is 0 Å². The lowest BCUT2D eigenvalue weighted by Crippen LogP contribution is -2.39. The number of benzene rings is 2. The molecule has 3 aromatic rings. The van der Waals surface area contributed by atoms with E-state index in [9.17, 15) is 32.7 Å². The van der Waals surface area contributed by atoms with E-state index in [-0.39, 0.29) is 35.4 Å². The molecular weight excluding hydrogens is 471 g/mol. The summed E-state index contributed by atoms with van der Waals surface area (Å²) in [4.78, 5) is 40.1. The summed E-state index contributed by atoms with van der Waals surface area (Å²) < 4.78 is 45.6. The van der Waals surface area contributed by atoms with Crippen LogP contribution in [0.5, 0.6) is 11.5 Å². The first-order valence-corrected chi connectivity index (χ1v) is 10.1. The first kappa shape index (κ1) is 23.6. The molecule has 0 saturated heterocycles. The number of alkyl halides is 3. The van der Waals surface area contributed by atoms with Crippen LogP contribution in [0.1, 0.15) is 27.5 Å². The van der Waals surface area contributed by atoms with Gasteiger partial charge in [0.1, 0.15) is 30.2 Å². The quantitative estimate of drug-likeness (QED) is 0.475. The number of amides is 1. The van der Waals surface area contributed by atoms with Gasteiger partial charge < -0.3 is 20.3 Å². The third-order valence-electron chi connectivity index (χ3n) is 5.53. The lowest BCUT2D eigenvalue weighted by molar-refractivity contribution is -0.138. The number of carboxylic acids is 1. The Morgan fingerprint density at radius 3 is 2.51 bits per heavy atom. The number of hydrogen-bond acceptors (Lipinski definition) is 5. The molecule has 35 heavy (non-hydrogen) atoms. The highest BCUT2D eigenvalue weighted by Crippen LogP contribution is 2.41. The molecule has 0 saturated carbocycles. The number of carbonyl (C=O) groups excluding carboxylic acids is 1. The molecule has 0 radical (unpaired) electrons. The van der Waals surface area contributed by atoms with E-state index in [1.54, 1.807) is 0 Å². The van der Waals surface area contributed by atoms with Crippen molar-refractivity contribution in [2.75, 3.05) is 13.2 Å². The zero-order valence-electron chi connectivity index (χ0n) is 17.7. The molecule has 1 aliphatic rings. The fourth-order valence-electron chi connectivity index (χ4n) is 3.96. The maximum absolute atomic E-state index is 13.4. The zero-order valence-corrected chi connectivity index (χ0v) is 17.7. The largest absolute Gasteiger partial charge is 0.506 e. The van der Waals surface area contributed by atoms with E-state index in [1.807, 2.05) is 5.32 Å². The topological polar surface area (TPSA) is 122 Å². The Morgan fingerprint density at radius 1 is 1.23 bits per heavy atom. The standard InChI is InChI=1S/C23H16F3N3O6/c1-27-13-7-15-19-16(8-13)35-10-14(6-11-2-4-12(5-3-11)23(24,25)26)29(19)22(34)18(20(15)32)21(33)28-9-17(30)31/h2-5,7-8,14,32H,6,9-10H2,(H,28,33)(H,30,31). The van der Waals surface area contributed by atoms with Gasteiger partial charge in [-0.3, -0.25) is 19.0 Å². The van der Waals surface area contributed by atoms with Crippen LogP contribution in [0, 0.1) is 6.57 Å². The number of halogens is 3. The molecule has 2 heterocycles. The fraction of sp³-hybridized carbons (Fsp3) is 0.217. The van der Waals surface area contributed by atoms with E-state index in [2.05, 4.69) is 4.85 Å². The summed E-state index contributed by atoms with van der Waals surface area (Å²) in [5.41, 5.74) is -1.86. The molecule has 180 valence electrons. The number of pyridine rings is 1. The fourth-order valence-corrected chi connectivity index (χ4v) is 3.96. The number of aliphatic carboxylic acids is 1. The van der Waals surface area contributed by atoms with Crippen LogP contribution in [0.3, 0.4) is 0 Å². The van der Waals surface area contributed by atoms with Crippen molar-refractivity contribution in [3.63, 3.8) is 0 Å². The predicted octanol–water partition coefficient (Wildman–Crippen LogP) is 3.27. The summed E-state index contributed by atoms with van der Waals surface area (Å²) in [6.45, 7) is 6.36. The average molecular weight is 487 g/mol. The number of ether oxygens (including phenoxy) is 1. The van der Waals surface area contributed by atoms with Gasteiger partial charge in [-0.1, -0.05) is 12.1 Å². The van der Waals surface area contributed by atoms with E-state index < -0.39 is 53.1 Å². The van der Waals surface area contributed by atoms with Crippen molar-refractivity contribution in [3.05, 3.63) is 74.9 Å². The number of aromatic hydroxyl groups is 1. The summed E-state index contributed by atoms with van der Waals surface area (Å²) in [5.74, 6) is -3.13. The molecule has 1 amide bonds. The Kier molecular flexibility index (Phi) is 5.86. The van der Waals surface area contributed by atoms with Gasteiger partial charge in [-0.2, -0.15) is 13.2 Å². The number of carbonyl (C=O) groups is 2. The molecule has 9 nitrogen and oxygen atoms in total. The third-order valence-corrected chi connectivity index (χ3v) is 5.53. The van der Waals surface area contributed by atoms with Gasteiger partial charge in [0.05, 0.1) is 23.7 Å². The Bertz CT molecular complexity index is 1460. The second kappa shape index (κ2) is 8.68. The molecule has 3 N–H and O–H groups in total. The minimum absolute atomic E-state index is 0.0364. The van der Waals surface area contributed by atoms with Gasteiger partial charge in [0.15, 0.2) is 5.69 Å². The first-order chi connectivity index (χ1) is 16.5. The molecule has 1 unspecified atom stereocenters. The minimum atomic E-state index is -4.51. The molecule has 12 heteroatoms. The van der Waals surface area contributed by atoms with Gasteiger partial charge >= 0.3 is 12.1 Å². The van der Waals surface area contributed by atoms with Crippen LogP contribution in [-0.4, -0.2) is 39.8 Å². The second-order valence-electron chi connectivity index (χ2n) is 7.79. The Labute approximate surface area is 194 Å². The van der Waals surface area contributed by atoms with Crippen molar-refractivity contribution in [3.8, 4) is 11.5 Å². The predicted molar refractivity (Wildman–Crippen MR) is 116 cm³/mol. The number of nitrogens with one attached hydrogen (secondary N) is 1. The van der Waals surface area contributed by atoms with E-state index in [4.69, 9.17) is 16.4 Å². The number of aromatic nitrogens is 1. The highest BCUT2D eigenvalue weighted by Gasteiger charge is 2.32. The summed E-state index contributed by atoms with van der Waals surface area (Å²) >= 11 is 0. The van der Waals surface area contributed by atoms with Crippen molar-refractivity contribution in [2.45, 2.75) is 18.6 Å². The molecule has 0 spiro atoms. The molecule has 0 fully saturated rings. The molecule has 4 rings (SSSR count). The Hall–Kier alpha value is -4.53. The molecule has 1 aliphatic heterocycles. The van der Waals surface area contributed by atoms with Gasteiger partial charge in [0.25, 0.3) is 11.5 Å². The van der Waals surface area contributed by atoms with Crippen LogP contribution < -0.4 is 15.6 Å². The third kappa shape index (κ3) is 4.35. The van der Waals surface area contributed by atoms with Crippen molar-refractivity contribution < 1.29 is 37.7 Å². The summed E-state index contributed by atoms with van der Waals surface area (Å²) in [6.07, 6.45) is -4.46. The number of nitrogens with zero attached hydrogens (tertiary/aromatic N) is 2. The minimum Gasteiger partial charge on any atom is -0.506 e. The average Bonchev–Trinajstić information content (AvgIpc) is 2.81. The smallest absolute Gasteiger partial charge is 0.416 e. The van der Waals surface area contributed by atoms with E-state index >= 15 is 0 Å². The molecule has 1 aromatic heterocycles. The van der Waals surface area contributed by atoms with Crippen LogP contribution in [-0.2, 0) is 17.4 Å². The first-order valence-electron chi connectivity index (χ1n) is 10.1. The van der Waals surface area contributed by atoms with Crippen LogP contribution in [0.2, 0.25) is 0 Å². The van der Waals surface area contributed by atoms with Crippen LogP contribution in [0.15, 0.2) is 41.2 Å². The summed E-state index contributed by atoms with van der Waals surface area (Å²) in [6, 6.07) is 6.20. The van der Waals surface area contributed by atoms with Crippen molar-refractivity contribution in [1.29, 1.82) is 0 Å². The van der Waals surface area contributed by atoms with Gasteiger partial charge in [-0.15, -0.1) is 0 Å². The van der Waals surface area contributed by atoms with Crippen molar-refractivity contribution in [1.82, 2.24) is 9.88 Å².